The molecule has 1 aliphatic carbocycles. The molecule has 3 unspecified atom stereocenters. The zero-order chi connectivity index (χ0) is 15.8. The van der Waals surface area contributed by atoms with Gasteiger partial charge in [-0.25, -0.2) is 4.68 Å². The summed E-state index contributed by atoms with van der Waals surface area (Å²) in [7, 11) is 0. The van der Waals surface area contributed by atoms with Crippen LogP contribution in [0.15, 0.2) is 15.5 Å². The molecule has 2 rings (SSSR count). The Morgan fingerprint density at radius 3 is 2.62 bits per heavy atom. The molecule has 0 aromatic carbocycles. The SMILES string of the molecule is CC1CCC(Nc2cnn(CC(F)(F)F)c(=O)c2Br)C1C. The summed E-state index contributed by atoms with van der Waals surface area (Å²) in [5, 5.41) is 6.82. The quantitative estimate of drug-likeness (QED) is 0.890. The van der Waals surface area contributed by atoms with Crippen molar-refractivity contribution < 1.29 is 13.2 Å². The van der Waals surface area contributed by atoms with Crippen LogP contribution in [0, 0.1) is 11.8 Å². The number of anilines is 1. The topological polar surface area (TPSA) is 46.9 Å². The van der Waals surface area contributed by atoms with Crippen LogP contribution in [0.5, 0.6) is 0 Å². The number of hydrogen-bond donors (Lipinski definition) is 1. The number of alkyl halides is 3. The summed E-state index contributed by atoms with van der Waals surface area (Å²) < 4.78 is 37.5. The van der Waals surface area contributed by atoms with E-state index in [0.29, 0.717) is 22.2 Å². The molecule has 1 aromatic heterocycles. The lowest BCUT2D eigenvalue weighted by Crippen LogP contribution is -2.32. The Balaban J connectivity index is 2.19. The second kappa shape index (κ2) is 5.98. The Labute approximate surface area is 128 Å². The van der Waals surface area contributed by atoms with Crippen LogP contribution in [0.2, 0.25) is 0 Å². The molecule has 0 saturated heterocycles. The van der Waals surface area contributed by atoms with E-state index in [2.05, 4.69) is 40.2 Å². The maximum Gasteiger partial charge on any atom is 0.408 e. The Morgan fingerprint density at radius 1 is 1.43 bits per heavy atom. The molecule has 4 nitrogen and oxygen atoms in total. The van der Waals surface area contributed by atoms with E-state index >= 15 is 0 Å². The zero-order valence-corrected chi connectivity index (χ0v) is 13.3. The van der Waals surface area contributed by atoms with E-state index in [4.69, 9.17) is 0 Å². The lowest BCUT2D eigenvalue weighted by molar-refractivity contribution is -0.143. The van der Waals surface area contributed by atoms with Crippen LogP contribution < -0.4 is 10.9 Å². The monoisotopic (exact) mass is 367 g/mol. The Morgan fingerprint density at radius 2 is 2.10 bits per heavy atom. The van der Waals surface area contributed by atoms with Gasteiger partial charge in [-0.05, 0) is 40.6 Å². The zero-order valence-electron chi connectivity index (χ0n) is 11.7. The van der Waals surface area contributed by atoms with Crippen LogP contribution >= 0.6 is 15.9 Å². The van der Waals surface area contributed by atoms with Gasteiger partial charge >= 0.3 is 6.18 Å². The highest BCUT2D eigenvalue weighted by atomic mass is 79.9. The fourth-order valence-electron chi connectivity index (χ4n) is 2.62. The van der Waals surface area contributed by atoms with E-state index in [9.17, 15) is 18.0 Å². The standard InChI is InChI=1S/C13H17BrF3N3O/c1-7-3-4-9(8(7)2)19-10-5-18-20(6-13(15,16)17)12(21)11(10)14/h5,7-9,19H,3-4,6H2,1-2H3. The summed E-state index contributed by atoms with van der Waals surface area (Å²) in [6, 6.07) is 0.205. The van der Waals surface area contributed by atoms with E-state index in [-0.39, 0.29) is 10.5 Å². The minimum atomic E-state index is -4.47. The third kappa shape index (κ3) is 3.78. The predicted molar refractivity (Wildman–Crippen MR) is 77.2 cm³/mol. The van der Waals surface area contributed by atoms with E-state index in [1.807, 2.05) is 0 Å². The first-order valence-electron chi connectivity index (χ1n) is 6.78. The Bertz CT molecular complexity index is 573. The van der Waals surface area contributed by atoms with E-state index in [1.54, 1.807) is 0 Å². The molecule has 1 aromatic rings. The van der Waals surface area contributed by atoms with Gasteiger partial charge in [0, 0.05) is 6.04 Å². The first-order valence-corrected chi connectivity index (χ1v) is 7.57. The van der Waals surface area contributed by atoms with Gasteiger partial charge in [-0.3, -0.25) is 4.79 Å². The first-order chi connectivity index (χ1) is 9.69. The molecule has 0 aliphatic heterocycles. The van der Waals surface area contributed by atoms with Crippen LogP contribution in [0.4, 0.5) is 18.9 Å². The number of hydrogen-bond acceptors (Lipinski definition) is 3. The Hall–Kier alpha value is -1.05. The maximum absolute atomic E-state index is 12.3. The molecule has 8 heteroatoms. The fourth-order valence-corrected chi connectivity index (χ4v) is 3.04. The molecule has 1 heterocycles. The van der Waals surface area contributed by atoms with Crippen molar-refractivity contribution in [3.8, 4) is 0 Å². The van der Waals surface area contributed by atoms with Gasteiger partial charge in [-0.2, -0.15) is 18.3 Å². The molecular weight excluding hydrogens is 351 g/mol. The molecule has 1 saturated carbocycles. The van der Waals surface area contributed by atoms with E-state index in [1.165, 1.54) is 6.20 Å². The highest BCUT2D eigenvalue weighted by molar-refractivity contribution is 9.10. The number of nitrogens with zero attached hydrogens (tertiary/aromatic N) is 2. The molecule has 0 spiro atoms. The molecule has 118 valence electrons. The summed E-state index contributed by atoms with van der Waals surface area (Å²) >= 11 is 3.08. The van der Waals surface area contributed by atoms with Crippen LogP contribution in [0.25, 0.3) is 0 Å². The van der Waals surface area contributed by atoms with Crippen LogP contribution in [0.3, 0.4) is 0 Å². The molecule has 21 heavy (non-hydrogen) atoms. The number of aromatic nitrogens is 2. The van der Waals surface area contributed by atoms with Crippen molar-refractivity contribution in [1.82, 2.24) is 9.78 Å². The van der Waals surface area contributed by atoms with Crippen LogP contribution in [0.1, 0.15) is 26.7 Å². The van der Waals surface area contributed by atoms with Crippen molar-refractivity contribution in [2.45, 2.75) is 45.5 Å². The lowest BCUT2D eigenvalue weighted by atomic mass is 9.98. The van der Waals surface area contributed by atoms with Crippen molar-refractivity contribution in [1.29, 1.82) is 0 Å². The van der Waals surface area contributed by atoms with Gasteiger partial charge < -0.3 is 5.32 Å². The molecular formula is C13H17BrF3N3O. The second-order valence-electron chi connectivity index (χ2n) is 5.61. The van der Waals surface area contributed by atoms with Crippen molar-refractivity contribution in [2.75, 3.05) is 5.32 Å². The van der Waals surface area contributed by atoms with Gasteiger partial charge in [0.1, 0.15) is 11.0 Å². The van der Waals surface area contributed by atoms with Gasteiger partial charge in [-0.1, -0.05) is 13.8 Å². The minimum absolute atomic E-state index is 0.0912. The van der Waals surface area contributed by atoms with Crippen LogP contribution in [-0.2, 0) is 6.54 Å². The third-order valence-corrected chi connectivity index (χ3v) is 4.89. The summed E-state index contributed by atoms with van der Waals surface area (Å²) in [4.78, 5) is 11.9. The maximum atomic E-state index is 12.3. The van der Waals surface area contributed by atoms with Crippen molar-refractivity contribution in [3.05, 3.63) is 21.0 Å². The van der Waals surface area contributed by atoms with Crippen molar-refractivity contribution in [3.63, 3.8) is 0 Å². The first kappa shape index (κ1) is 16.3. The summed E-state index contributed by atoms with van der Waals surface area (Å²) in [6.07, 6.45) is -1.14. The van der Waals surface area contributed by atoms with Crippen LogP contribution in [-0.4, -0.2) is 22.0 Å². The highest BCUT2D eigenvalue weighted by Crippen LogP contribution is 2.34. The molecule has 0 amide bonds. The predicted octanol–water partition coefficient (Wildman–Crippen LogP) is 3.41. The van der Waals surface area contributed by atoms with Gasteiger partial charge in [0.2, 0.25) is 0 Å². The summed E-state index contributed by atoms with van der Waals surface area (Å²) in [5.41, 5.74) is -0.333. The van der Waals surface area contributed by atoms with E-state index in [0.717, 1.165) is 12.8 Å². The average Bonchev–Trinajstić information content (AvgIpc) is 2.69. The van der Waals surface area contributed by atoms with Gasteiger partial charge in [0.15, 0.2) is 0 Å². The second-order valence-corrected chi connectivity index (χ2v) is 6.41. The lowest BCUT2D eigenvalue weighted by Gasteiger charge is -2.21. The average molecular weight is 368 g/mol. The minimum Gasteiger partial charge on any atom is -0.380 e. The normalized spacial score (nSPS) is 26.1. The number of halogens is 4. The van der Waals surface area contributed by atoms with Gasteiger partial charge in [0.05, 0.1) is 11.9 Å². The summed E-state index contributed by atoms with van der Waals surface area (Å²) in [6.45, 7) is 2.91. The molecule has 3 atom stereocenters. The fraction of sp³-hybridized carbons (Fsp3) is 0.692. The molecule has 1 fully saturated rings. The largest absolute Gasteiger partial charge is 0.408 e. The van der Waals surface area contributed by atoms with Crippen molar-refractivity contribution in [2.24, 2.45) is 11.8 Å². The van der Waals surface area contributed by atoms with E-state index < -0.39 is 18.3 Å². The summed E-state index contributed by atoms with van der Waals surface area (Å²) in [5.74, 6) is 1.02. The molecule has 0 radical (unpaired) electrons. The smallest absolute Gasteiger partial charge is 0.380 e. The Kier molecular flexibility index (Phi) is 4.65. The van der Waals surface area contributed by atoms with Crippen molar-refractivity contribution >= 4 is 21.6 Å². The molecule has 1 aliphatic rings. The van der Waals surface area contributed by atoms with Gasteiger partial charge in [0.25, 0.3) is 5.56 Å². The number of rotatable bonds is 3. The highest BCUT2D eigenvalue weighted by Gasteiger charge is 2.32. The molecule has 0 bridgehead atoms. The third-order valence-electron chi connectivity index (χ3n) is 4.12. The number of nitrogens with one attached hydrogen (secondary N) is 1. The molecule has 1 N–H and O–H groups in total. The van der Waals surface area contributed by atoms with Gasteiger partial charge in [-0.15, -0.1) is 0 Å².